The number of aliphatic hydroxyl groups is 1. The fourth-order valence-corrected chi connectivity index (χ4v) is 1.93. The van der Waals surface area contributed by atoms with Crippen molar-refractivity contribution in [3.05, 3.63) is 59.0 Å². The van der Waals surface area contributed by atoms with Crippen LogP contribution in [0.4, 0.5) is 0 Å². The first-order chi connectivity index (χ1) is 7.66. The fraction of sp³-hybridized carbons (Fsp3) is 0.286. The van der Waals surface area contributed by atoms with Crippen LogP contribution in [0.25, 0.3) is 0 Å². The first kappa shape index (κ1) is 11.0. The monoisotopic (exact) mass is 216 g/mol. The zero-order valence-corrected chi connectivity index (χ0v) is 9.60. The van der Waals surface area contributed by atoms with E-state index in [0.717, 1.165) is 16.9 Å². The SMILES string of the molecule is Cc1ccc(C(O)Cc2ccco2)c(C)c1. The topological polar surface area (TPSA) is 33.4 Å². The zero-order chi connectivity index (χ0) is 11.5. The summed E-state index contributed by atoms with van der Waals surface area (Å²) in [5, 5.41) is 10.1. The van der Waals surface area contributed by atoms with E-state index in [2.05, 4.69) is 13.0 Å². The normalized spacial score (nSPS) is 12.7. The van der Waals surface area contributed by atoms with Crippen molar-refractivity contribution in [2.45, 2.75) is 26.4 Å². The number of furan rings is 1. The molecule has 0 saturated heterocycles. The van der Waals surface area contributed by atoms with Crippen LogP contribution < -0.4 is 0 Å². The minimum atomic E-state index is -0.494. The van der Waals surface area contributed by atoms with Gasteiger partial charge in [-0.15, -0.1) is 0 Å². The maximum Gasteiger partial charge on any atom is 0.106 e. The molecule has 2 nitrogen and oxygen atoms in total. The molecule has 16 heavy (non-hydrogen) atoms. The summed E-state index contributed by atoms with van der Waals surface area (Å²) in [6.07, 6.45) is 1.66. The third-order valence-corrected chi connectivity index (χ3v) is 2.76. The molecule has 1 atom stereocenters. The van der Waals surface area contributed by atoms with Crippen molar-refractivity contribution < 1.29 is 9.52 Å². The first-order valence-corrected chi connectivity index (χ1v) is 5.44. The molecule has 0 aliphatic carbocycles. The number of benzene rings is 1. The molecule has 0 spiro atoms. The Labute approximate surface area is 95.5 Å². The summed E-state index contributed by atoms with van der Waals surface area (Å²) in [6, 6.07) is 9.81. The molecular formula is C14H16O2. The van der Waals surface area contributed by atoms with Crippen LogP contribution in [-0.2, 0) is 6.42 Å². The summed E-state index contributed by atoms with van der Waals surface area (Å²) < 4.78 is 5.23. The molecule has 0 saturated carbocycles. The average Bonchev–Trinajstić information content (AvgIpc) is 2.70. The maximum atomic E-state index is 10.1. The molecule has 84 valence electrons. The van der Waals surface area contributed by atoms with Crippen LogP contribution in [0.1, 0.15) is 28.6 Å². The van der Waals surface area contributed by atoms with Gasteiger partial charge in [0.1, 0.15) is 5.76 Å². The van der Waals surface area contributed by atoms with Crippen LogP contribution in [0.3, 0.4) is 0 Å². The van der Waals surface area contributed by atoms with E-state index in [0.29, 0.717) is 6.42 Å². The highest BCUT2D eigenvalue weighted by Gasteiger charge is 2.12. The molecule has 2 aromatic rings. The Bertz CT molecular complexity index is 458. The molecule has 1 N–H and O–H groups in total. The molecule has 0 amide bonds. The smallest absolute Gasteiger partial charge is 0.106 e. The molecule has 2 rings (SSSR count). The predicted molar refractivity (Wildman–Crippen MR) is 63.3 cm³/mol. The van der Waals surface area contributed by atoms with Gasteiger partial charge in [-0.3, -0.25) is 0 Å². The van der Waals surface area contributed by atoms with Crippen molar-refractivity contribution in [3.63, 3.8) is 0 Å². The summed E-state index contributed by atoms with van der Waals surface area (Å²) in [5.74, 6) is 0.812. The summed E-state index contributed by atoms with van der Waals surface area (Å²) >= 11 is 0. The van der Waals surface area contributed by atoms with E-state index in [9.17, 15) is 5.11 Å². The molecule has 1 aromatic heterocycles. The molecule has 1 unspecified atom stereocenters. The van der Waals surface area contributed by atoms with Gasteiger partial charge in [0.25, 0.3) is 0 Å². The van der Waals surface area contributed by atoms with Crippen LogP contribution >= 0.6 is 0 Å². The Morgan fingerprint density at radius 2 is 2.06 bits per heavy atom. The van der Waals surface area contributed by atoms with Gasteiger partial charge in [0.05, 0.1) is 12.4 Å². The van der Waals surface area contributed by atoms with Gasteiger partial charge in [-0.05, 0) is 37.1 Å². The molecule has 0 radical (unpaired) electrons. The van der Waals surface area contributed by atoms with E-state index in [1.54, 1.807) is 6.26 Å². The van der Waals surface area contributed by atoms with Gasteiger partial charge in [-0.1, -0.05) is 23.8 Å². The zero-order valence-electron chi connectivity index (χ0n) is 9.60. The largest absolute Gasteiger partial charge is 0.469 e. The molecule has 2 heteroatoms. The molecular weight excluding hydrogens is 200 g/mol. The number of rotatable bonds is 3. The van der Waals surface area contributed by atoms with Crippen molar-refractivity contribution in [1.29, 1.82) is 0 Å². The maximum absolute atomic E-state index is 10.1. The summed E-state index contributed by atoms with van der Waals surface area (Å²) in [7, 11) is 0. The Morgan fingerprint density at radius 1 is 1.25 bits per heavy atom. The minimum absolute atomic E-state index is 0.494. The lowest BCUT2D eigenvalue weighted by atomic mass is 9.98. The van der Waals surface area contributed by atoms with Crippen molar-refractivity contribution in [2.24, 2.45) is 0 Å². The van der Waals surface area contributed by atoms with Crippen LogP contribution in [0, 0.1) is 13.8 Å². The molecule has 1 heterocycles. The van der Waals surface area contributed by atoms with Gasteiger partial charge < -0.3 is 9.52 Å². The van der Waals surface area contributed by atoms with E-state index in [1.165, 1.54) is 5.56 Å². The third kappa shape index (κ3) is 2.34. The Balaban J connectivity index is 2.17. The van der Waals surface area contributed by atoms with Crippen LogP contribution in [0.2, 0.25) is 0 Å². The quantitative estimate of drug-likeness (QED) is 0.854. The lowest BCUT2D eigenvalue weighted by molar-refractivity contribution is 0.170. The Hall–Kier alpha value is -1.54. The summed E-state index contributed by atoms with van der Waals surface area (Å²) in [6.45, 7) is 4.07. The number of hydrogen-bond acceptors (Lipinski definition) is 2. The highest BCUT2D eigenvalue weighted by Crippen LogP contribution is 2.22. The predicted octanol–water partition coefficient (Wildman–Crippen LogP) is 3.17. The van der Waals surface area contributed by atoms with Crippen molar-refractivity contribution in [1.82, 2.24) is 0 Å². The van der Waals surface area contributed by atoms with E-state index in [1.807, 2.05) is 31.2 Å². The Kier molecular flexibility index (Phi) is 3.11. The van der Waals surface area contributed by atoms with E-state index >= 15 is 0 Å². The molecule has 0 fully saturated rings. The van der Waals surface area contributed by atoms with E-state index < -0.39 is 6.10 Å². The average molecular weight is 216 g/mol. The number of hydrogen-bond donors (Lipinski definition) is 1. The lowest BCUT2D eigenvalue weighted by Crippen LogP contribution is -2.03. The highest BCUT2D eigenvalue weighted by atomic mass is 16.3. The fourth-order valence-electron chi connectivity index (χ4n) is 1.93. The summed E-state index contributed by atoms with van der Waals surface area (Å²) in [4.78, 5) is 0. The van der Waals surface area contributed by atoms with Crippen LogP contribution in [0.15, 0.2) is 41.0 Å². The van der Waals surface area contributed by atoms with Crippen molar-refractivity contribution in [3.8, 4) is 0 Å². The standard InChI is InChI=1S/C14H16O2/c1-10-5-6-13(11(2)8-10)14(15)9-12-4-3-7-16-12/h3-8,14-15H,9H2,1-2H3. The molecule has 0 aliphatic heterocycles. The van der Waals surface area contributed by atoms with Gasteiger partial charge >= 0.3 is 0 Å². The van der Waals surface area contributed by atoms with E-state index in [-0.39, 0.29) is 0 Å². The number of aliphatic hydroxyl groups excluding tert-OH is 1. The minimum Gasteiger partial charge on any atom is -0.469 e. The molecule has 1 aromatic carbocycles. The van der Waals surface area contributed by atoms with Gasteiger partial charge in [-0.25, -0.2) is 0 Å². The Morgan fingerprint density at radius 3 is 2.69 bits per heavy atom. The van der Waals surface area contributed by atoms with Gasteiger partial charge in [-0.2, -0.15) is 0 Å². The highest BCUT2D eigenvalue weighted by molar-refractivity contribution is 5.32. The third-order valence-electron chi connectivity index (χ3n) is 2.76. The van der Waals surface area contributed by atoms with Crippen molar-refractivity contribution in [2.75, 3.05) is 0 Å². The van der Waals surface area contributed by atoms with Gasteiger partial charge in [0, 0.05) is 6.42 Å². The van der Waals surface area contributed by atoms with Crippen molar-refractivity contribution >= 4 is 0 Å². The van der Waals surface area contributed by atoms with Crippen LogP contribution in [0.5, 0.6) is 0 Å². The second kappa shape index (κ2) is 4.54. The second-order valence-corrected chi connectivity index (χ2v) is 4.16. The van der Waals surface area contributed by atoms with Gasteiger partial charge in [0.15, 0.2) is 0 Å². The molecule has 0 aliphatic rings. The first-order valence-electron chi connectivity index (χ1n) is 5.44. The van der Waals surface area contributed by atoms with E-state index in [4.69, 9.17) is 4.42 Å². The lowest BCUT2D eigenvalue weighted by Gasteiger charge is -2.13. The second-order valence-electron chi connectivity index (χ2n) is 4.16. The van der Waals surface area contributed by atoms with Crippen LogP contribution in [-0.4, -0.2) is 5.11 Å². The molecule has 0 bridgehead atoms. The summed E-state index contributed by atoms with van der Waals surface area (Å²) in [5.41, 5.74) is 3.31. The number of aryl methyl sites for hydroxylation is 2. The van der Waals surface area contributed by atoms with Gasteiger partial charge in [0.2, 0.25) is 0 Å².